The van der Waals surface area contributed by atoms with Crippen molar-refractivity contribution in [2.75, 3.05) is 4.90 Å². The molecule has 0 N–H and O–H groups in total. The smallest absolute Gasteiger partial charge is 0.0991 e. The highest BCUT2D eigenvalue weighted by molar-refractivity contribution is 6.00. The maximum absolute atomic E-state index is 10.2. The van der Waals surface area contributed by atoms with Crippen LogP contribution in [0.3, 0.4) is 0 Å². The molecule has 0 aliphatic heterocycles. The molecule has 0 radical (unpaired) electrons. The Morgan fingerprint density at radius 3 is 1.36 bits per heavy atom. The summed E-state index contributed by atoms with van der Waals surface area (Å²) >= 11 is 0. The van der Waals surface area contributed by atoms with Crippen molar-refractivity contribution in [1.82, 2.24) is 0 Å². The standard InChI is InChI=1S/C63H39N3/c64-40-42-26-32-55-56-33-27-43(41-65)35-61(56)63(60(55)34-42)58-24-11-10-22-57(58)62-54(23-13-25-59(62)63)46-28-30-52(31-29-46)66(51-19-8-3-9-20-51)53-21-12-18-47(39-53)50-37-48(44-14-4-1-5-15-44)36-49(38-50)45-16-6-2-7-17-45/h1-39H. The van der Waals surface area contributed by atoms with Crippen molar-refractivity contribution in [2.45, 2.75) is 5.41 Å². The first kappa shape index (κ1) is 38.6. The molecular formula is C63H39N3. The highest BCUT2D eigenvalue weighted by Crippen LogP contribution is 2.64. The minimum Gasteiger partial charge on any atom is -0.310 e. The van der Waals surface area contributed by atoms with Gasteiger partial charge in [-0.2, -0.15) is 10.5 Å². The molecule has 10 aromatic carbocycles. The second-order valence-electron chi connectivity index (χ2n) is 17.1. The molecule has 0 fully saturated rings. The van der Waals surface area contributed by atoms with E-state index in [1.807, 2.05) is 12.1 Å². The van der Waals surface area contributed by atoms with Gasteiger partial charge in [-0.15, -0.1) is 0 Å². The Labute approximate surface area is 385 Å². The summed E-state index contributed by atoms with van der Waals surface area (Å²) in [6.07, 6.45) is 0. The van der Waals surface area contributed by atoms with Gasteiger partial charge >= 0.3 is 0 Å². The molecule has 306 valence electrons. The maximum atomic E-state index is 10.2. The van der Waals surface area contributed by atoms with E-state index >= 15 is 0 Å². The zero-order valence-corrected chi connectivity index (χ0v) is 35.9. The summed E-state index contributed by atoms with van der Waals surface area (Å²) in [7, 11) is 0. The van der Waals surface area contributed by atoms with E-state index in [-0.39, 0.29) is 0 Å². The van der Waals surface area contributed by atoms with Crippen LogP contribution in [0.2, 0.25) is 0 Å². The molecule has 0 heterocycles. The van der Waals surface area contributed by atoms with E-state index in [1.165, 1.54) is 27.8 Å². The molecule has 0 bridgehead atoms. The number of hydrogen-bond donors (Lipinski definition) is 0. The van der Waals surface area contributed by atoms with Crippen molar-refractivity contribution >= 4 is 17.1 Å². The lowest BCUT2D eigenvalue weighted by molar-refractivity contribution is 0.793. The molecule has 0 aromatic heterocycles. The fourth-order valence-corrected chi connectivity index (χ4v) is 10.6. The highest BCUT2D eigenvalue weighted by atomic mass is 15.1. The van der Waals surface area contributed by atoms with Crippen LogP contribution in [0.25, 0.3) is 66.8 Å². The zero-order valence-electron chi connectivity index (χ0n) is 35.9. The van der Waals surface area contributed by atoms with Gasteiger partial charge in [-0.25, -0.2) is 0 Å². The summed E-state index contributed by atoms with van der Waals surface area (Å²) in [6.45, 7) is 0. The van der Waals surface area contributed by atoms with Crippen LogP contribution in [0.5, 0.6) is 0 Å². The van der Waals surface area contributed by atoms with Crippen LogP contribution in [0.1, 0.15) is 33.4 Å². The number of hydrogen-bond acceptors (Lipinski definition) is 3. The van der Waals surface area contributed by atoms with Crippen LogP contribution in [-0.2, 0) is 5.41 Å². The molecule has 0 amide bonds. The molecular weight excluding hydrogens is 799 g/mol. The third kappa shape index (κ3) is 6.11. The first-order valence-electron chi connectivity index (χ1n) is 22.3. The van der Waals surface area contributed by atoms with E-state index < -0.39 is 5.41 Å². The Kier molecular flexibility index (Phi) is 9.16. The van der Waals surface area contributed by atoms with Gasteiger partial charge in [0.1, 0.15) is 0 Å². The topological polar surface area (TPSA) is 50.8 Å². The van der Waals surface area contributed by atoms with Gasteiger partial charge in [0.05, 0.1) is 28.7 Å². The monoisotopic (exact) mass is 837 g/mol. The van der Waals surface area contributed by atoms with E-state index in [0.29, 0.717) is 11.1 Å². The van der Waals surface area contributed by atoms with Gasteiger partial charge in [0.2, 0.25) is 0 Å². The van der Waals surface area contributed by atoms with Crippen LogP contribution in [-0.4, -0.2) is 0 Å². The fourth-order valence-electron chi connectivity index (χ4n) is 10.6. The lowest BCUT2D eigenvalue weighted by atomic mass is 9.70. The summed E-state index contributed by atoms with van der Waals surface area (Å²) in [5.41, 5.74) is 21.9. The van der Waals surface area contributed by atoms with Crippen molar-refractivity contribution < 1.29 is 0 Å². The van der Waals surface area contributed by atoms with Crippen LogP contribution >= 0.6 is 0 Å². The summed E-state index contributed by atoms with van der Waals surface area (Å²) in [5.74, 6) is 0. The maximum Gasteiger partial charge on any atom is 0.0991 e. The number of para-hydroxylation sites is 1. The first-order valence-corrected chi connectivity index (χ1v) is 22.3. The first-order chi connectivity index (χ1) is 32.6. The Morgan fingerprint density at radius 1 is 0.288 bits per heavy atom. The summed E-state index contributed by atoms with van der Waals surface area (Å²) < 4.78 is 0. The summed E-state index contributed by atoms with van der Waals surface area (Å²) in [6, 6.07) is 88.7. The van der Waals surface area contributed by atoms with E-state index in [2.05, 4.69) is 241 Å². The summed E-state index contributed by atoms with van der Waals surface area (Å²) in [5, 5.41) is 20.3. The predicted molar refractivity (Wildman–Crippen MR) is 269 cm³/mol. The molecule has 2 aliphatic carbocycles. The number of rotatable bonds is 7. The number of nitriles is 2. The summed E-state index contributed by atoms with van der Waals surface area (Å²) in [4.78, 5) is 2.33. The SMILES string of the molecule is N#Cc1ccc2c(c1)C1(c3cc(C#N)ccc3-2)c2ccccc2-c2c(-c3ccc(N(c4ccccc4)c4cccc(-c5cc(-c6ccccc6)cc(-c6ccccc6)c5)c4)cc3)cccc21. The largest absolute Gasteiger partial charge is 0.310 e. The molecule has 66 heavy (non-hydrogen) atoms. The minimum absolute atomic E-state index is 0.616. The number of benzene rings is 10. The number of nitrogens with zero attached hydrogens (tertiary/aromatic N) is 3. The van der Waals surface area contributed by atoms with E-state index in [1.54, 1.807) is 0 Å². The van der Waals surface area contributed by atoms with Crippen molar-refractivity contribution in [3.63, 3.8) is 0 Å². The Hall–Kier alpha value is -9.02. The minimum atomic E-state index is -0.691. The van der Waals surface area contributed by atoms with Gasteiger partial charge in [-0.3, -0.25) is 0 Å². The fraction of sp³-hybridized carbons (Fsp3) is 0.0159. The molecule has 12 rings (SSSR count). The van der Waals surface area contributed by atoms with E-state index in [0.717, 1.165) is 78.3 Å². The molecule has 0 saturated heterocycles. The van der Waals surface area contributed by atoms with Gasteiger partial charge in [-0.05, 0) is 168 Å². The molecule has 10 aromatic rings. The normalized spacial score (nSPS) is 12.3. The molecule has 0 unspecified atom stereocenters. The predicted octanol–water partition coefficient (Wildman–Crippen LogP) is 15.9. The van der Waals surface area contributed by atoms with Crippen LogP contribution in [0.15, 0.2) is 237 Å². The third-order valence-corrected chi connectivity index (χ3v) is 13.5. The molecule has 2 aliphatic rings. The lowest BCUT2D eigenvalue weighted by Gasteiger charge is -2.30. The lowest BCUT2D eigenvalue weighted by Crippen LogP contribution is -2.26. The Bertz CT molecular complexity index is 3480. The van der Waals surface area contributed by atoms with Crippen molar-refractivity contribution in [3.8, 4) is 78.9 Å². The number of anilines is 3. The molecule has 1 spiro atoms. The Balaban J connectivity index is 0.984. The second-order valence-corrected chi connectivity index (χ2v) is 17.1. The average Bonchev–Trinajstić information content (AvgIpc) is 3.86. The second kappa shape index (κ2) is 15.7. The van der Waals surface area contributed by atoms with Crippen LogP contribution in [0.4, 0.5) is 17.1 Å². The molecule has 3 nitrogen and oxygen atoms in total. The van der Waals surface area contributed by atoms with Gasteiger partial charge in [-0.1, -0.05) is 158 Å². The van der Waals surface area contributed by atoms with Gasteiger partial charge in [0.15, 0.2) is 0 Å². The van der Waals surface area contributed by atoms with Gasteiger partial charge in [0, 0.05) is 17.1 Å². The molecule has 3 heteroatoms. The molecule has 0 saturated carbocycles. The average molecular weight is 838 g/mol. The van der Waals surface area contributed by atoms with Crippen LogP contribution in [0, 0.1) is 22.7 Å². The Morgan fingerprint density at radius 2 is 0.758 bits per heavy atom. The van der Waals surface area contributed by atoms with E-state index in [9.17, 15) is 10.5 Å². The zero-order chi connectivity index (χ0) is 44.2. The molecule has 0 atom stereocenters. The number of fused-ring (bicyclic) bond motifs is 10. The highest BCUT2D eigenvalue weighted by Gasteiger charge is 2.52. The quantitative estimate of drug-likeness (QED) is 0.161. The van der Waals surface area contributed by atoms with Crippen LogP contribution < -0.4 is 4.90 Å². The van der Waals surface area contributed by atoms with Crippen molar-refractivity contribution in [3.05, 3.63) is 270 Å². The third-order valence-electron chi connectivity index (χ3n) is 13.5. The van der Waals surface area contributed by atoms with Gasteiger partial charge < -0.3 is 4.90 Å². The van der Waals surface area contributed by atoms with Gasteiger partial charge in [0.25, 0.3) is 0 Å². The van der Waals surface area contributed by atoms with Crippen molar-refractivity contribution in [2.24, 2.45) is 0 Å². The van der Waals surface area contributed by atoms with E-state index in [4.69, 9.17) is 0 Å². The van der Waals surface area contributed by atoms with Crippen molar-refractivity contribution in [1.29, 1.82) is 10.5 Å².